The molecule has 57 heavy (non-hydrogen) atoms. The van der Waals surface area contributed by atoms with Crippen LogP contribution in [0.3, 0.4) is 0 Å². The summed E-state index contributed by atoms with van der Waals surface area (Å²) in [7, 11) is 0. The van der Waals surface area contributed by atoms with Gasteiger partial charge in [0.1, 0.15) is 28.8 Å². The minimum absolute atomic E-state index is 0.176. The molecule has 0 aliphatic carbocycles. The third-order valence-corrected chi connectivity index (χ3v) is 8.55. The number of ether oxygens (including phenoxy) is 6. The van der Waals surface area contributed by atoms with Gasteiger partial charge in [0, 0.05) is 30.6 Å². The van der Waals surface area contributed by atoms with Gasteiger partial charge in [-0.15, -0.1) is 0 Å². The molecule has 0 saturated carbocycles. The third kappa shape index (κ3) is 10.7. The van der Waals surface area contributed by atoms with Gasteiger partial charge in [0.25, 0.3) is 0 Å². The zero-order valence-corrected chi connectivity index (χ0v) is 30.7. The van der Waals surface area contributed by atoms with Gasteiger partial charge >= 0.3 is 23.9 Å². The molecule has 6 aromatic carbocycles. The highest BCUT2D eigenvalue weighted by Gasteiger charge is 2.17. The van der Waals surface area contributed by atoms with Crippen LogP contribution in [-0.4, -0.2) is 50.3 Å². The van der Waals surface area contributed by atoms with Crippen molar-refractivity contribution in [3.8, 4) is 34.1 Å². The molecule has 0 aliphatic rings. The van der Waals surface area contributed by atoms with Crippen LogP contribution in [0, 0.1) is 5.82 Å². The summed E-state index contributed by atoms with van der Waals surface area (Å²) in [6.45, 7) is 7.85. The normalized spacial score (nSPS) is 10.7. The molecule has 11 heteroatoms. The number of esters is 4. The number of rotatable bonds is 17. The highest BCUT2D eigenvalue weighted by molar-refractivity contribution is 5.98. The predicted molar refractivity (Wildman–Crippen MR) is 212 cm³/mol. The molecule has 0 amide bonds. The molecule has 0 spiro atoms. The van der Waals surface area contributed by atoms with E-state index in [2.05, 4.69) is 13.2 Å². The van der Waals surface area contributed by atoms with Crippen molar-refractivity contribution in [1.82, 2.24) is 0 Å². The molecule has 0 aromatic heterocycles. The van der Waals surface area contributed by atoms with E-state index in [1.165, 1.54) is 36.4 Å². The van der Waals surface area contributed by atoms with E-state index in [9.17, 15) is 23.6 Å². The molecule has 0 N–H and O–H groups in total. The van der Waals surface area contributed by atoms with E-state index >= 15 is 0 Å². The first kappa shape index (κ1) is 39.4. The van der Waals surface area contributed by atoms with Crippen molar-refractivity contribution < 1.29 is 52.0 Å². The quantitative estimate of drug-likeness (QED) is 0.0384. The maximum atomic E-state index is 13.9. The standard InChI is InChI=1S/C46H37FO10/c1-3-43(48)54-23-5-21-52-38-17-13-31-25-35(9-7-33(31)27-38)45(50)56-40-19-20-42(41(29-40)30-11-15-37(47)16-12-30)57-46(51)36-10-8-34-28-39(18-14-32(34)26-36)53-22-6-24-55-44(49)4-2/h3-4,7-20,25-29H,1-2,5-6,21-24H2. The number of carbonyl (C=O) groups is 4. The van der Waals surface area contributed by atoms with Crippen LogP contribution < -0.4 is 18.9 Å². The second-order valence-electron chi connectivity index (χ2n) is 12.5. The van der Waals surface area contributed by atoms with Crippen molar-refractivity contribution in [2.24, 2.45) is 0 Å². The number of carbonyl (C=O) groups excluding carboxylic acids is 4. The fourth-order valence-electron chi connectivity index (χ4n) is 5.68. The molecule has 10 nitrogen and oxygen atoms in total. The van der Waals surface area contributed by atoms with Crippen LogP contribution in [0.25, 0.3) is 32.7 Å². The molecule has 0 heterocycles. The summed E-state index contributed by atoms with van der Waals surface area (Å²) in [6.07, 6.45) is 3.24. The van der Waals surface area contributed by atoms with E-state index < -0.39 is 29.7 Å². The van der Waals surface area contributed by atoms with E-state index in [0.717, 1.165) is 33.7 Å². The van der Waals surface area contributed by atoms with Crippen LogP contribution >= 0.6 is 0 Å². The Balaban J connectivity index is 1.12. The van der Waals surface area contributed by atoms with Crippen LogP contribution in [0.1, 0.15) is 33.6 Å². The van der Waals surface area contributed by atoms with E-state index in [-0.39, 0.29) is 24.7 Å². The highest BCUT2D eigenvalue weighted by Crippen LogP contribution is 2.35. The van der Waals surface area contributed by atoms with Gasteiger partial charge in [-0.2, -0.15) is 0 Å². The van der Waals surface area contributed by atoms with Crippen molar-refractivity contribution >= 4 is 45.4 Å². The second-order valence-corrected chi connectivity index (χ2v) is 12.5. The van der Waals surface area contributed by atoms with Crippen molar-refractivity contribution in [3.05, 3.63) is 158 Å². The second kappa shape index (κ2) is 18.9. The molecule has 0 unspecified atom stereocenters. The van der Waals surface area contributed by atoms with Gasteiger partial charge in [-0.05, 0) is 106 Å². The molecule has 6 aromatic rings. The Morgan fingerprint density at radius 1 is 0.509 bits per heavy atom. The summed E-state index contributed by atoms with van der Waals surface area (Å²) in [6, 6.07) is 31.4. The lowest BCUT2D eigenvalue weighted by Gasteiger charge is -2.14. The number of fused-ring (bicyclic) bond motifs is 2. The summed E-state index contributed by atoms with van der Waals surface area (Å²) in [5.74, 6) is -1.04. The molecular formula is C46H37FO10. The lowest BCUT2D eigenvalue weighted by Crippen LogP contribution is -2.10. The lowest BCUT2D eigenvalue weighted by atomic mass is 10.0. The van der Waals surface area contributed by atoms with Crippen LogP contribution in [-0.2, 0) is 19.1 Å². The summed E-state index contributed by atoms with van der Waals surface area (Å²) in [5, 5.41) is 3.24. The van der Waals surface area contributed by atoms with Gasteiger partial charge in [0.2, 0.25) is 0 Å². The van der Waals surface area contributed by atoms with Crippen molar-refractivity contribution in [2.75, 3.05) is 26.4 Å². The molecule has 0 saturated heterocycles. The molecule has 288 valence electrons. The maximum Gasteiger partial charge on any atom is 0.343 e. The molecule has 0 atom stereocenters. The fraction of sp³-hybridized carbons (Fsp3) is 0.130. The lowest BCUT2D eigenvalue weighted by molar-refractivity contribution is -0.138. The highest BCUT2D eigenvalue weighted by atomic mass is 19.1. The monoisotopic (exact) mass is 768 g/mol. The zero-order valence-electron chi connectivity index (χ0n) is 30.7. The molecule has 0 bridgehead atoms. The minimum Gasteiger partial charge on any atom is -0.493 e. The van der Waals surface area contributed by atoms with Crippen LogP contribution in [0.15, 0.2) is 141 Å². The molecule has 0 aliphatic heterocycles. The average Bonchev–Trinajstić information content (AvgIpc) is 3.23. The van der Waals surface area contributed by atoms with Gasteiger partial charge in [0.15, 0.2) is 0 Å². The molecule has 0 radical (unpaired) electrons. The number of hydrogen-bond acceptors (Lipinski definition) is 10. The van der Waals surface area contributed by atoms with E-state index in [1.54, 1.807) is 54.6 Å². The Hall–Kier alpha value is -7.27. The van der Waals surface area contributed by atoms with E-state index in [4.69, 9.17) is 28.4 Å². The third-order valence-electron chi connectivity index (χ3n) is 8.55. The van der Waals surface area contributed by atoms with Crippen molar-refractivity contribution in [2.45, 2.75) is 12.8 Å². The Kier molecular flexibility index (Phi) is 13.0. The van der Waals surface area contributed by atoms with Crippen LogP contribution in [0.5, 0.6) is 23.0 Å². The Labute approximate surface area is 327 Å². The van der Waals surface area contributed by atoms with Gasteiger partial charge in [-0.3, -0.25) is 0 Å². The number of benzene rings is 6. The first-order valence-electron chi connectivity index (χ1n) is 17.9. The Morgan fingerprint density at radius 2 is 0.982 bits per heavy atom. The average molecular weight is 769 g/mol. The summed E-state index contributed by atoms with van der Waals surface area (Å²) < 4.78 is 47.0. The predicted octanol–water partition coefficient (Wildman–Crippen LogP) is 9.23. The van der Waals surface area contributed by atoms with Crippen molar-refractivity contribution in [1.29, 1.82) is 0 Å². The first-order valence-corrected chi connectivity index (χ1v) is 17.9. The smallest absolute Gasteiger partial charge is 0.343 e. The molecule has 0 fully saturated rings. The Bertz CT molecular complexity index is 2460. The van der Waals surface area contributed by atoms with Crippen LogP contribution in [0.4, 0.5) is 4.39 Å². The van der Waals surface area contributed by atoms with Gasteiger partial charge in [-0.1, -0.05) is 49.6 Å². The van der Waals surface area contributed by atoms with E-state index in [1.807, 2.05) is 24.3 Å². The molecule has 6 rings (SSSR count). The first-order chi connectivity index (χ1) is 27.7. The number of hydrogen-bond donors (Lipinski definition) is 0. The van der Waals surface area contributed by atoms with Gasteiger partial charge < -0.3 is 28.4 Å². The SMILES string of the molecule is C=CC(=O)OCCCOc1ccc2cc(C(=O)Oc3ccc(OC(=O)c4ccc5cc(OCCCOC(=O)C=C)ccc5c4)c(-c4ccc(F)cc4)c3)ccc2c1. The summed E-state index contributed by atoms with van der Waals surface area (Å²) in [4.78, 5) is 49.1. The maximum absolute atomic E-state index is 13.9. The topological polar surface area (TPSA) is 124 Å². The molecular weight excluding hydrogens is 731 g/mol. The largest absolute Gasteiger partial charge is 0.493 e. The summed E-state index contributed by atoms with van der Waals surface area (Å²) >= 11 is 0. The summed E-state index contributed by atoms with van der Waals surface area (Å²) in [5.41, 5.74) is 1.53. The van der Waals surface area contributed by atoms with Gasteiger partial charge in [-0.25, -0.2) is 23.6 Å². The van der Waals surface area contributed by atoms with Gasteiger partial charge in [0.05, 0.1) is 37.6 Å². The number of halogens is 1. The van der Waals surface area contributed by atoms with Crippen LogP contribution in [0.2, 0.25) is 0 Å². The van der Waals surface area contributed by atoms with Crippen molar-refractivity contribution in [3.63, 3.8) is 0 Å². The zero-order chi connectivity index (χ0) is 40.1. The Morgan fingerprint density at radius 3 is 1.51 bits per heavy atom. The fourth-order valence-corrected chi connectivity index (χ4v) is 5.68. The minimum atomic E-state index is -0.627. The van der Waals surface area contributed by atoms with E-state index in [0.29, 0.717) is 59.8 Å².